The molecule has 2 N–H and O–H groups in total. The second-order valence-corrected chi connectivity index (χ2v) is 5.86. The topological polar surface area (TPSA) is 50.1 Å². The van der Waals surface area contributed by atoms with Crippen LogP contribution in [0.15, 0.2) is 24.3 Å². The number of nitrogens with zero attached hydrogens (tertiary/aromatic N) is 2. The van der Waals surface area contributed by atoms with Crippen molar-refractivity contribution in [1.82, 2.24) is 14.9 Å². The zero-order chi connectivity index (χ0) is 13.9. The first-order valence-electron chi connectivity index (χ1n) is 7.52. The van der Waals surface area contributed by atoms with Crippen molar-refractivity contribution in [2.24, 2.45) is 13.0 Å². The Morgan fingerprint density at radius 3 is 2.70 bits per heavy atom. The van der Waals surface area contributed by atoms with E-state index in [1.807, 2.05) is 6.07 Å². The minimum Gasteiger partial charge on any atom is -0.396 e. The molecule has 1 aromatic heterocycles. The van der Waals surface area contributed by atoms with E-state index in [-0.39, 0.29) is 0 Å². The van der Waals surface area contributed by atoms with Crippen LogP contribution in [0.1, 0.15) is 31.5 Å². The minimum atomic E-state index is 0.345. The number of aryl methyl sites for hydroxylation is 1. The Bertz CT molecular complexity index is 570. The third-order valence-electron chi connectivity index (χ3n) is 4.53. The van der Waals surface area contributed by atoms with Crippen LogP contribution in [0.25, 0.3) is 11.0 Å². The summed E-state index contributed by atoms with van der Waals surface area (Å²) in [7, 11) is 2.08. The van der Waals surface area contributed by atoms with Gasteiger partial charge in [0.25, 0.3) is 0 Å². The maximum absolute atomic E-state index is 9.17. The Balaban J connectivity index is 1.61. The van der Waals surface area contributed by atoms with Crippen LogP contribution in [0.3, 0.4) is 0 Å². The number of aliphatic hydroxyl groups is 1. The molecule has 3 rings (SSSR count). The van der Waals surface area contributed by atoms with E-state index in [1.165, 1.54) is 5.52 Å². The number of aliphatic hydroxyl groups excluding tert-OH is 1. The van der Waals surface area contributed by atoms with Gasteiger partial charge in [0.2, 0.25) is 0 Å². The molecule has 1 saturated carbocycles. The van der Waals surface area contributed by atoms with E-state index in [0.29, 0.717) is 18.6 Å². The molecule has 0 amide bonds. The number of rotatable bonds is 4. The van der Waals surface area contributed by atoms with Crippen LogP contribution >= 0.6 is 0 Å². The standard InChI is InChI=1S/C16H23N3O/c1-19-15-5-3-2-4-14(15)18-16(19)10-17-13-8-6-12(11-20)7-9-13/h2-5,12-13,17,20H,6-11H2,1H3. The summed E-state index contributed by atoms with van der Waals surface area (Å²) >= 11 is 0. The van der Waals surface area contributed by atoms with E-state index in [2.05, 4.69) is 40.1 Å². The zero-order valence-electron chi connectivity index (χ0n) is 12.0. The van der Waals surface area contributed by atoms with Crippen LogP contribution in [0, 0.1) is 5.92 Å². The summed E-state index contributed by atoms with van der Waals surface area (Å²) in [6, 6.07) is 8.82. The molecule has 2 aromatic rings. The molecule has 0 saturated heterocycles. The molecule has 0 bridgehead atoms. The quantitative estimate of drug-likeness (QED) is 0.898. The Kier molecular flexibility index (Phi) is 4.03. The monoisotopic (exact) mass is 273 g/mol. The molecule has 0 atom stereocenters. The maximum Gasteiger partial charge on any atom is 0.123 e. The third-order valence-corrected chi connectivity index (χ3v) is 4.53. The molecule has 0 aliphatic heterocycles. The van der Waals surface area contributed by atoms with Gasteiger partial charge in [-0.25, -0.2) is 4.98 Å². The molecule has 108 valence electrons. The fraction of sp³-hybridized carbons (Fsp3) is 0.562. The summed E-state index contributed by atoms with van der Waals surface area (Å²) < 4.78 is 2.17. The molecule has 20 heavy (non-hydrogen) atoms. The van der Waals surface area contributed by atoms with Crippen LogP contribution < -0.4 is 5.32 Å². The Hall–Kier alpha value is -1.39. The van der Waals surface area contributed by atoms with E-state index >= 15 is 0 Å². The predicted octanol–water partition coefficient (Wildman–Crippen LogP) is 2.21. The van der Waals surface area contributed by atoms with Gasteiger partial charge in [0.1, 0.15) is 5.82 Å². The Morgan fingerprint density at radius 1 is 1.25 bits per heavy atom. The third kappa shape index (κ3) is 2.72. The first-order chi connectivity index (χ1) is 9.78. The first kappa shape index (κ1) is 13.6. The summed E-state index contributed by atoms with van der Waals surface area (Å²) in [4.78, 5) is 4.69. The number of hydrogen-bond acceptors (Lipinski definition) is 3. The maximum atomic E-state index is 9.17. The molecule has 0 unspecified atom stereocenters. The summed E-state index contributed by atoms with van der Waals surface area (Å²) in [5.74, 6) is 1.61. The van der Waals surface area contributed by atoms with Crippen LogP contribution in [0.2, 0.25) is 0 Å². The van der Waals surface area contributed by atoms with Gasteiger partial charge in [0.15, 0.2) is 0 Å². The highest BCUT2D eigenvalue weighted by Gasteiger charge is 2.20. The summed E-state index contributed by atoms with van der Waals surface area (Å²) in [6.07, 6.45) is 4.59. The lowest BCUT2D eigenvalue weighted by atomic mass is 9.86. The average molecular weight is 273 g/mol. The SMILES string of the molecule is Cn1c(CNC2CCC(CO)CC2)nc2ccccc21. The highest BCUT2D eigenvalue weighted by atomic mass is 16.3. The molecule has 0 spiro atoms. The fourth-order valence-electron chi connectivity index (χ4n) is 3.14. The number of imidazole rings is 1. The van der Waals surface area contributed by atoms with Gasteiger partial charge in [-0.3, -0.25) is 0 Å². The number of fused-ring (bicyclic) bond motifs is 1. The van der Waals surface area contributed by atoms with Gasteiger partial charge in [0.05, 0.1) is 17.6 Å². The average Bonchev–Trinajstić information content (AvgIpc) is 2.83. The van der Waals surface area contributed by atoms with E-state index < -0.39 is 0 Å². The van der Waals surface area contributed by atoms with Crippen molar-refractivity contribution in [2.45, 2.75) is 38.3 Å². The van der Waals surface area contributed by atoms with Gasteiger partial charge in [0, 0.05) is 19.7 Å². The Morgan fingerprint density at radius 2 is 2.00 bits per heavy atom. The van der Waals surface area contributed by atoms with Gasteiger partial charge in [-0.1, -0.05) is 12.1 Å². The predicted molar refractivity (Wildman–Crippen MR) is 80.4 cm³/mol. The molecule has 1 heterocycles. The number of aromatic nitrogens is 2. The van der Waals surface area contributed by atoms with Gasteiger partial charge >= 0.3 is 0 Å². The second-order valence-electron chi connectivity index (χ2n) is 5.86. The van der Waals surface area contributed by atoms with Gasteiger partial charge in [-0.2, -0.15) is 0 Å². The van der Waals surface area contributed by atoms with Crippen molar-refractivity contribution in [1.29, 1.82) is 0 Å². The van der Waals surface area contributed by atoms with Crippen LogP contribution in [-0.2, 0) is 13.6 Å². The van der Waals surface area contributed by atoms with E-state index in [9.17, 15) is 0 Å². The second kappa shape index (κ2) is 5.94. The normalized spacial score (nSPS) is 23.3. The lowest BCUT2D eigenvalue weighted by Gasteiger charge is -2.27. The number of para-hydroxylation sites is 2. The van der Waals surface area contributed by atoms with Crippen LogP contribution in [0.5, 0.6) is 0 Å². The molecule has 4 heteroatoms. The molecule has 1 fully saturated rings. The van der Waals surface area contributed by atoms with Gasteiger partial charge in [-0.05, 0) is 43.7 Å². The lowest BCUT2D eigenvalue weighted by Crippen LogP contribution is -2.34. The molecule has 0 radical (unpaired) electrons. The fourth-order valence-corrected chi connectivity index (χ4v) is 3.14. The van der Waals surface area contributed by atoms with E-state index in [4.69, 9.17) is 5.11 Å². The number of benzene rings is 1. The zero-order valence-corrected chi connectivity index (χ0v) is 12.0. The Labute approximate surface area is 119 Å². The molecule has 1 aliphatic carbocycles. The molecule has 1 aliphatic rings. The van der Waals surface area contributed by atoms with Crippen LogP contribution in [-0.4, -0.2) is 27.3 Å². The number of nitrogens with one attached hydrogen (secondary N) is 1. The van der Waals surface area contributed by atoms with Crippen molar-refractivity contribution in [3.05, 3.63) is 30.1 Å². The smallest absolute Gasteiger partial charge is 0.123 e. The van der Waals surface area contributed by atoms with Crippen molar-refractivity contribution in [3.63, 3.8) is 0 Å². The van der Waals surface area contributed by atoms with Crippen molar-refractivity contribution < 1.29 is 5.11 Å². The number of hydrogen-bond donors (Lipinski definition) is 2. The highest BCUT2D eigenvalue weighted by Crippen LogP contribution is 2.24. The van der Waals surface area contributed by atoms with Gasteiger partial charge < -0.3 is 15.0 Å². The van der Waals surface area contributed by atoms with Crippen molar-refractivity contribution >= 4 is 11.0 Å². The van der Waals surface area contributed by atoms with Crippen molar-refractivity contribution in [3.8, 4) is 0 Å². The van der Waals surface area contributed by atoms with Gasteiger partial charge in [-0.15, -0.1) is 0 Å². The first-order valence-corrected chi connectivity index (χ1v) is 7.52. The van der Waals surface area contributed by atoms with Crippen LogP contribution in [0.4, 0.5) is 0 Å². The summed E-state index contributed by atoms with van der Waals surface area (Å²) in [6.45, 7) is 1.16. The highest BCUT2D eigenvalue weighted by molar-refractivity contribution is 5.75. The molecular formula is C16H23N3O. The largest absolute Gasteiger partial charge is 0.396 e. The van der Waals surface area contributed by atoms with E-state index in [1.54, 1.807) is 0 Å². The molecule has 1 aromatic carbocycles. The molecular weight excluding hydrogens is 250 g/mol. The lowest BCUT2D eigenvalue weighted by molar-refractivity contribution is 0.174. The summed E-state index contributed by atoms with van der Waals surface area (Å²) in [5, 5.41) is 12.8. The summed E-state index contributed by atoms with van der Waals surface area (Å²) in [5.41, 5.74) is 2.25. The minimum absolute atomic E-state index is 0.345. The molecule has 4 nitrogen and oxygen atoms in total. The van der Waals surface area contributed by atoms with E-state index in [0.717, 1.165) is 43.6 Å². The van der Waals surface area contributed by atoms with Crippen molar-refractivity contribution in [2.75, 3.05) is 6.61 Å².